The monoisotopic (exact) mass is 303 g/mol. The number of benzene rings is 2. The number of hydrogen-bond donors (Lipinski definition) is 1. The van der Waals surface area contributed by atoms with Crippen LogP contribution in [0.15, 0.2) is 47.5 Å². The van der Waals surface area contributed by atoms with E-state index >= 15 is 0 Å². The molecule has 21 heavy (non-hydrogen) atoms. The van der Waals surface area contributed by atoms with Gasteiger partial charge in [-0.2, -0.15) is 0 Å². The van der Waals surface area contributed by atoms with Gasteiger partial charge in [0.25, 0.3) is 5.56 Å². The van der Waals surface area contributed by atoms with E-state index in [2.05, 4.69) is 4.98 Å². The van der Waals surface area contributed by atoms with Crippen LogP contribution in [0.25, 0.3) is 10.9 Å². The van der Waals surface area contributed by atoms with Gasteiger partial charge in [0.15, 0.2) is 0 Å². The summed E-state index contributed by atoms with van der Waals surface area (Å²) in [4.78, 5) is 16.6. The van der Waals surface area contributed by atoms with Crippen molar-refractivity contribution in [3.05, 3.63) is 69.5 Å². The van der Waals surface area contributed by atoms with Gasteiger partial charge in [-0.3, -0.25) is 9.36 Å². The number of hydrogen-bond acceptors (Lipinski definition) is 3. The largest absolute Gasteiger partial charge is 0.399 e. The lowest BCUT2D eigenvalue weighted by Gasteiger charge is -2.07. The fraction of sp³-hybridized carbons (Fsp3) is 0.0667. The van der Waals surface area contributed by atoms with Crippen molar-refractivity contribution in [2.75, 3.05) is 5.73 Å². The van der Waals surface area contributed by atoms with Crippen molar-refractivity contribution >= 4 is 28.2 Å². The first-order valence-corrected chi connectivity index (χ1v) is 6.61. The molecule has 2 N–H and O–H groups in total. The first kappa shape index (κ1) is 13.6. The standard InChI is InChI=1S/C15H11ClFN3O/c16-12-3-1-9(5-13(12)17)7-20-8-19-14-4-2-10(18)6-11(14)15(20)21/h1-6,8H,7,18H2. The smallest absolute Gasteiger partial charge is 0.261 e. The Balaban J connectivity index is 2.06. The van der Waals surface area contributed by atoms with Gasteiger partial charge in [-0.15, -0.1) is 0 Å². The molecule has 1 aromatic heterocycles. The van der Waals surface area contributed by atoms with E-state index in [1.54, 1.807) is 24.3 Å². The molecular weight excluding hydrogens is 293 g/mol. The van der Waals surface area contributed by atoms with Gasteiger partial charge in [-0.25, -0.2) is 9.37 Å². The molecule has 0 bridgehead atoms. The van der Waals surface area contributed by atoms with E-state index in [-0.39, 0.29) is 17.1 Å². The van der Waals surface area contributed by atoms with Crippen LogP contribution < -0.4 is 11.3 Å². The molecule has 6 heteroatoms. The lowest BCUT2D eigenvalue weighted by atomic mass is 10.2. The molecule has 2 aromatic carbocycles. The SMILES string of the molecule is Nc1ccc2ncn(Cc3ccc(Cl)c(F)c3)c(=O)c2c1. The Labute approximate surface area is 124 Å². The van der Waals surface area contributed by atoms with Crippen LogP contribution in [0.4, 0.5) is 10.1 Å². The normalized spacial score (nSPS) is 11.0. The number of nitrogen functional groups attached to an aromatic ring is 1. The second kappa shape index (κ2) is 5.18. The quantitative estimate of drug-likeness (QED) is 0.741. The summed E-state index contributed by atoms with van der Waals surface area (Å²) in [6, 6.07) is 9.40. The van der Waals surface area contributed by atoms with Crippen molar-refractivity contribution in [1.82, 2.24) is 9.55 Å². The Morgan fingerprint density at radius 1 is 1.24 bits per heavy atom. The van der Waals surface area contributed by atoms with Crippen molar-refractivity contribution in [2.24, 2.45) is 0 Å². The van der Waals surface area contributed by atoms with Crippen molar-refractivity contribution in [3.63, 3.8) is 0 Å². The Bertz CT molecular complexity index is 892. The molecule has 0 aliphatic heterocycles. The molecule has 3 rings (SSSR count). The molecule has 0 spiro atoms. The molecule has 0 saturated heterocycles. The van der Waals surface area contributed by atoms with Crippen molar-refractivity contribution in [3.8, 4) is 0 Å². The third-order valence-electron chi connectivity index (χ3n) is 3.19. The van der Waals surface area contributed by atoms with Gasteiger partial charge in [-0.1, -0.05) is 17.7 Å². The van der Waals surface area contributed by atoms with Gasteiger partial charge in [0.2, 0.25) is 0 Å². The summed E-state index contributed by atoms with van der Waals surface area (Å²) in [6.07, 6.45) is 1.44. The maximum Gasteiger partial charge on any atom is 0.261 e. The fourth-order valence-corrected chi connectivity index (χ4v) is 2.24. The maximum atomic E-state index is 13.4. The summed E-state index contributed by atoms with van der Waals surface area (Å²) in [5.41, 5.74) is 7.17. The van der Waals surface area contributed by atoms with Gasteiger partial charge >= 0.3 is 0 Å². The van der Waals surface area contributed by atoms with E-state index in [4.69, 9.17) is 17.3 Å². The zero-order chi connectivity index (χ0) is 15.0. The minimum absolute atomic E-state index is 0.0514. The van der Waals surface area contributed by atoms with Gasteiger partial charge in [-0.05, 0) is 35.9 Å². The van der Waals surface area contributed by atoms with Crippen LogP contribution >= 0.6 is 11.6 Å². The van der Waals surface area contributed by atoms with Crippen LogP contribution in [0, 0.1) is 5.82 Å². The minimum atomic E-state index is -0.514. The summed E-state index contributed by atoms with van der Waals surface area (Å²) in [5, 5.41) is 0.488. The predicted octanol–water partition coefficient (Wildman–Crippen LogP) is 2.82. The van der Waals surface area contributed by atoms with E-state index < -0.39 is 5.82 Å². The average molecular weight is 304 g/mol. The number of anilines is 1. The van der Waals surface area contributed by atoms with Crippen molar-refractivity contribution in [2.45, 2.75) is 6.54 Å². The highest BCUT2D eigenvalue weighted by atomic mass is 35.5. The van der Waals surface area contributed by atoms with Crippen LogP contribution in [0.1, 0.15) is 5.56 Å². The zero-order valence-electron chi connectivity index (χ0n) is 10.9. The maximum absolute atomic E-state index is 13.4. The second-order valence-electron chi connectivity index (χ2n) is 4.70. The van der Waals surface area contributed by atoms with Crippen LogP contribution in [0.2, 0.25) is 5.02 Å². The molecule has 1 heterocycles. The van der Waals surface area contributed by atoms with E-state index in [0.29, 0.717) is 22.2 Å². The van der Waals surface area contributed by atoms with Crippen LogP contribution in [0.5, 0.6) is 0 Å². The van der Waals surface area contributed by atoms with Crippen LogP contribution in [-0.4, -0.2) is 9.55 Å². The number of halogens is 2. The summed E-state index contributed by atoms with van der Waals surface area (Å²) in [7, 11) is 0. The number of nitrogens with two attached hydrogens (primary N) is 1. The van der Waals surface area contributed by atoms with E-state index in [0.717, 1.165) is 0 Å². The second-order valence-corrected chi connectivity index (χ2v) is 5.11. The highest BCUT2D eigenvalue weighted by Gasteiger charge is 2.07. The molecule has 3 aromatic rings. The Kier molecular flexibility index (Phi) is 3.35. The molecule has 0 unspecified atom stereocenters. The molecule has 0 atom stereocenters. The molecule has 0 amide bonds. The van der Waals surface area contributed by atoms with Crippen LogP contribution in [0.3, 0.4) is 0 Å². The molecular formula is C15H11ClFN3O. The third-order valence-corrected chi connectivity index (χ3v) is 3.49. The molecule has 4 nitrogen and oxygen atoms in total. The molecule has 0 radical (unpaired) electrons. The van der Waals surface area contributed by atoms with Crippen molar-refractivity contribution in [1.29, 1.82) is 0 Å². The highest BCUT2D eigenvalue weighted by Crippen LogP contribution is 2.16. The van der Waals surface area contributed by atoms with Gasteiger partial charge < -0.3 is 5.73 Å². The van der Waals surface area contributed by atoms with Gasteiger partial charge in [0.05, 0.1) is 28.8 Å². The summed E-state index contributed by atoms with van der Waals surface area (Å²) in [6.45, 7) is 0.213. The summed E-state index contributed by atoms with van der Waals surface area (Å²) in [5.74, 6) is -0.514. The highest BCUT2D eigenvalue weighted by molar-refractivity contribution is 6.30. The topological polar surface area (TPSA) is 60.9 Å². The van der Waals surface area contributed by atoms with Crippen LogP contribution in [-0.2, 0) is 6.54 Å². The molecule has 0 fully saturated rings. The fourth-order valence-electron chi connectivity index (χ4n) is 2.12. The Morgan fingerprint density at radius 2 is 2.05 bits per heavy atom. The number of fused-ring (bicyclic) bond motifs is 1. The van der Waals surface area contributed by atoms with Crippen molar-refractivity contribution < 1.29 is 4.39 Å². The Morgan fingerprint density at radius 3 is 2.81 bits per heavy atom. The molecule has 0 aliphatic carbocycles. The van der Waals surface area contributed by atoms with E-state index in [1.807, 2.05) is 0 Å². The predicted molar refractivity (Wildman–Crippen MR) is 80.9 cm³/mol. The summed E-state index contributed by atoms with van der Waals surface area (Å²) < 4.78 is 14.8. The lowest BCUT2D eigenvalue weighted by molar-refractivity contribution is 0.623. The zero-order valence-corrected chi connectivity index (χ0v) is 11.6. The van der Waals surface area contributed by atoms with E-state index in [1.165, 1.54) is 23.0 Å². The lowest BCUT2D eigenvalue weighted by Crippen LogP contribution is -2.21. The van der Waals surface area contributed by atoms with Gasteiger partial charge in [0, 0.05) is 5.69 Å². The third kappa shape index (κ3) is 2.60. The summed E-state index contributed by atoms with van der Waals surface area (Å²) >= 11 is 5.64. The number of nitrogens with zero attached hydrogens (tertiary/aromatic N) is 2. The number of rotatable bonds is 2. The minimum Gasteiger partial charge on any atom is -0.399 e. The molecule has 0 saturated carbocycles. The first-order chi connectivity index (χ1) is 10.0. The Hall–Kier alpha value is -2.40. The van der Waals surface area contributed by atoms with E-state index in [9.17, 15) is 9.18 Å². The average Bonchev–Trinajstić information content (AvgIpc) is 2.46. The molecule has 0 aliphatic rings. The first-order valence-electron chi connectivity index (χ1n) is 6.23. The molecule has 106 valence electrons. The number of aromatic nitrogens is 2. The van der Waals surface area contributed by atoms with Gasteiger partial charge in [0.1, 0.15) is 5.82 Å².